The molecule has 1 aromatic heterocycles. The summed E-state index contributed by atoms with van der Waals surface area (Å²) in [5.74, 6) is -1.19. The Morgan fingerprint density at radius 1 is 1.10 bits per heavy atom. The minimum atomic E-state index is -3.82. The molecule has 152 valence electrons. The van der Waals surface area contributed by atoms with Crippen LogP contribution in [0.2, 0.25) is 5.02 Å². The molecule has 1 atom stereocenters. The predicted molar refractivity (Wildman–Crippen MR) is 107 cm³/mol. The molecule has 3 aromatic rings. The molecule has 1 aliphatic rings. The second-order valence-electron chi connectivity index (χ2n) is 6.70. The van der Waals surface area contributed by atoms with Crippen LogP contribution in [-0.4, -0.2) is 36.0 Å². The zero-order valence-electron chi connectivity index (χ0n) is 15.1. The molecule has 2 aromatic carbocycles. The first kappa shape index (κ1) is 20.3. The minimum absolute atomic E-state index is 0.0474. The molecule has 1 saturated heterocycles. The molecule has 0 unspecified atom stereocenters. The van der Waals surface area contributed by atoms with E-state index in [2.05, 4.69) is 10.2 Å². The lowest BCUT2D eigenvalue weighted by molar-refractivity contribution is 0.314. The van der Waals surface area contributed by atoms with Gasteiger partial charge in [0.15, 0.2) is 5.01 Å². The fraction of sp³-hybridized carbons (Fsp3) is 0.263. The SMILES string of the molecule is O=S(=O)(c1ccc(F)c(Cl)c1)N1CCC[C@@H](c2nnc(-c3ccccc3F)s2)C1. The number of rotatable bonds is 4. The lowest BCUT2D eigenvalue weighted by atomic mass is 10.0. The molecule has 29 heavy (non-hydrogen) atoms. The van der Waals surface area contributed by atoms with Gasteiger partial charge in [-0.05, 0) is 43.2 Å². The lowest BCUT2D eigenvalue weighted by Gasteiger charge is -2.30. The van der Waals surface area contributed by atoms with Crippen molar-refractivity contribution in [2.75, 3.05) is 13.1 Å². The molecular weight excluding hydrogens is 440 g/mol. The summed E-state index contributed by atoms with van der Waals surface area (Å²) < 4.78 is 54.7. The van der Waals surface area contributed by atoms with Gasteiger partial charge in [-0.2, -0.15) is 4.31 Å². The summed E-state index contributed by atoms with van der Waals surface area (Å²) >= 11 is 7.02. The molecule has 2 heterocycles. The number of piperidine rings is 1. The van der Waals surface area contributed by atoms with E-state index >= 15 is 0 Å². The van der Waals surface area contributed by atoms with Gasteiger partial charge in [0.2, 0.25) is 10.0 Å². The van der Waals surface area contributed by atoms with Crippen LogP contribution in [0.15, 0.2) is 47.4 Å². The molecule has 0 spiro atoms. The normalized spacial score (nSPS) is 18.1. The van der Waals surface area contributed by atoms with Crippen LogP contribution in [0.4, 0.5) is 8.78 Å². The molecule has 0 aliphatic carbocycles. The quantitative estimate of drug-likeness (QED) is 0.571. The first-order valence-electron chi connectivity index (χ1n) is 8.90. The third-order valence-corrected chi connectivity index (χ3v) is 8.08. The van der Waals surface area contributed by atoms with Gasteiger partial charge in [-0.15, -0.1) is 10.2 Å². The fourth-order valence-corrected chi connectivity index (χ4v) is 6.08. The molecule has 1 aliphatic heterocycles. The zero-order valence-corrected chi connectivity index (χ0v) is 17.4. The summed E-state index contributed by atoms with van der Waals surface area (Å²) in [6.45, 7) is 0.579. The van der Waals surface area contributed by atoms with Crippen LogP contribution in [-0.2, 0) is 10.0 Å². The van der Waals surface area contributed by atoms with E-state index < -0.39 is 15.8 Å². The van der Waals surface area contributed by atoms with Crippen molar-refractivity contribution < 1.29 is 17.2 Å². The molecule has 0 bridgehead atoms. The third-order valence-electron chi connectivity index (χ3n) is 4.81. The van der Waals surface area contributed by atoms with Crippen molar-refractivity contribution in [2.24, 2.45) is 0 Å². The van der Waals surface area contributed by atoms with Gasteiger partial charge >= 0.3 is 0 Å². The van der Waals surface area contributed by atoms with Gasteiger partial charge in [0.05, 0.1) is 9.92 Å². The highest BCUT2D eigenvalue weighted by Crippen LogP contribution is 2.35. The summed E-state index contributed by atoms with van der Waals surface area (Å²) in [6.07, 6.45) is 1.40. The lowest BCUT2D eigenvalue weighted by Crippen LogP contribution is -2.39. The minimum Gasteiger partial charge on any atom is -0.207 e. The Morgan fingerprint density at radius 3 is 2.66 bits per heavy atom. The third kappa shape index (κ3) is 4.05. The highest BCUT2D eigenvalue weighted by atomic mass is 35.5. The fourth-order valence-electron chi connectivity index (χ4n) is 3.29. The zero-order chi connectivity index (χ0) is 20.6. The van der Waals surface area contributed by atoms with Gasteiger partial charge in [0.25, 0.3) is 0 Å². The van der Waals surface area contributed by atoms with Crippen molar-refractivity contribution >= 4 is 33.0 Å². The summed E-state index contributed by atoms with van der Waals surface area (Å²) in [5, 5.41) is 9.16. The Balaban J connectivity index is 1.57. The number of aromatic nitrogens is 2. The molecule has 5 nitrogen and oxygen atoms in total. The topological polar surface area (TPSA) is 63.2 Å². The maximum atomic E-state index is 14.0. The Kier molecular flexibility index (Phi) is 5.65. The van der Waals surface area contributed by atoms with Crippen molar-refractivity contribution in [3.05, 3.63) is 64.1 Å². The Hall–Kier alpha value is -1.94. The standard InChI is InChI=1S/C19H16ClF2N3O2S2/c20-15-10-13(7-8-17(15)22)29(26,27)25-9-3-4-12(11-25)18-23-24-19(28-18)14-5-1-2-6-16(14)21/h1-2,5-8,10,12H,3-4,9,11H2/t12-/m1/s1. The second kappa shape index (κ2) is 8.06. The number of hydrogen-bond donors (Lipinski definition) is 0. The van der Waals surface area contributed by atoms with E-state index in [0.717, 1.165) is 18.6 Å². The second-order valence-corrected chi connectivity index (χ2v) is 10.1. The molecule has 0 amide bonds. The maximum Gasteiger partial charge on any atom is 0.243 e. The van der Waals surface area contributed by atoms with Crippen LogP contribution in [0.3, 0.4) is 0 Å². The van der Waals surface area contributed by atoms with Gasteiger partial charge < -0.3 is 0 Å². The number of benzene rings is 2. The monoisotopic (exact) mass is 455 g/mol. The average molecular weight is 456 g/mol. The van der Waals surface area contributed by atoms with E-state index in [4.69, 9.17) is 11.6 Å². The number of halogens is 3. The molecule has 1 fully saturated rings. The number of nitrogens with zero attached hydrogens (tertiary/aromatic N) is 3. The molecule has 10 heteroatoms. The Labute approximate surface area is 176 Å². The molecular formula is C19H16ClF2N3O2S2. The number of sulfonamides is 1. The highest BCUT2D eigenvalue weighted by Gasteiger charge is 2.33. The van der Waals surface area contributed by atoms with E-state index in [0.29, 0.717) is 28.5 Å². The van der Waals surface area contributed by atoms with Crippen molar-refractivity contribution in [3.63, 3.8) is 0 Å². The highest BCUT2D eigenvalue weighted by molar-refractivity contribution is 7.89. The van der Waals surface area contributed by atoms with Crippen molar-refractivity contribution in [1.82, 2.24) is 14.5 Å². The summed E-state index contributed by atoms with van der Waals surface area (Å²) in [4.78, 5) is -0.0474. The first-order valence-corrected chi connectivity index (χ1v) is 11.5. The average Bonchev–Trinajstić information content (AvgIpc) is 3.20. The largest absolute Gasteiger partial charge is 0.243 e. The van der Waals surface area contributed by atoms with E-state index in [1.165, 1.54) is 27.8 Å². The number of hydrogen-bond acceptors (Lipinski definition) is 5. The van der Waals surface area contributed by atoms with E-state index in [-0.39, 0.29) is 28.2 Å². The molecule has 0 N–H and O–H groups in total. The summed E-state index contributed by atoms with van der Waals surface area (Å²) in [6, 6.07) is 9.70. The van der Waals surface area contributed by atoms with Crippen molar-refractivity contribution in [1.29, 1.82) is 0 Å². The maximum absolute atomic E-state index is 14.0. The van der Waals surface area contributed by atoms with Crippen molar-refractivity contribution in [2.45, 2.75) is 23.7 Å². The van der Waals surface area contributed by atoms with E-state index in [9.17, 15) is 17.2 Å². The van der Waals surface area contributed by atoms with Gasteiger partial charge in [0, 0.05) is 24.6 Å². The van der Waals surface area contributed by atoms with Crippen LogP contribution in [0.1, 0.15) is 23.8 Å². The van der Waals surface area contributed by atoms with Crippen LogP contribution in [0.25, 0.3) is 10.6 Å². The predicted octanol–water partition coefficient (Wildman–Crippen LogP) is 4.71. The molecule has 0 saturated carbocycles. The van der Waals surface area contributed by atoms with Gasteiger partial charge in [-0.1, -0.05) is 35.1 Å². The van der Waals surface area contributed by atoms with Gasteiger partial charge in [-0.3, -0.25) is 0 Å². The molecule has 0 radical (unpaired) electrons. The van der Waals surface area contributed by atoms with Crippen molar-refractivity contribution in [3.8, 4) is 10.6 Å². The van der Waals surface area contributed by atoms with Gasteiger partial charge in [0.1, 0.15) is 16.6 Å². The smallest absolute Gasteiger partial charge is 0.207 e. The van der Waals surface area contributed by atoms with Gasteiger partial charge in [-0.25, -0.2) is 17.2 Å². The Morgan fingerprint density at radius 2 is 1.90 bits per heavy atom. The Bertz CT molecular complexity index is 1150. The van der Waals surface area contributed by atoms with Crippen LogP contribution < -0.4 is 0 Å². The summed E-state index contributed by atoms with van der Waals surface area (Å²) in [5.41, 5.74) is 0.373. The van der Waals surface area contributed by atoms with Crippen LogP contribution >= 0.6 is 22.9 Å². The molecule has 4 rings (SSSR count). The first-order chi connectivity index (χ1) is 13.9. The van der Waals surface area contributed by atoms with E-state index in [1.54, 1.807) is 18.2 Å². The van der Waals surface area contributed by atoms with Crippen LogP contribution in [0, 0.1) is 11.6 Å². The summed E-state index contributed by atoms with van der Waals surface area (Å²) in [7, 11) is -3.82. The van der Waals surface area contributed by atoms with Crippen LogP contribution in [0.5, 0.6) is 0 Å². The van der Waals surface area contributed by atoms with E-state index in [1.807, 2.05) is 0 Å².